The van der Waals surface area contributed by atoms with Gasteiger partial charge in [0.15, 0.2) is 6.10 Å². The molecule has 1 saturated carbocycles. The van der Waals surface area contributed by atoms with E-state index in [2.05, 4.69) is 0 Å². The highest BCUT2D eigenvalue weighted by Crippen LogP contribution is 2.25. The Morgan fingerprint density at radius 1 is 1.70 bits per heavy atom. The summed E-state index contributed by atoms with van der Waals surface area (Å²) in [6, 6.07) is 0. The van der Waals surface area contributed by atoms with Crippen LogP contribution < -0.4 is 0 Å². The maximum Gasteiger partial charge on any atom is 0.333 e. The minimum Gasteiger partial charge on any atom is -0.479 e. The fourth-order valence-electron chi connectivity index (χ4n) is 0.935. The maximum atomic E-state index is 10.6. The Labute approximate surface area is 57.5 Å². The number of aliphatic hydroxyl groups is 1. The van der Waals surface area contributed by atoms with Gasteiger partial charge in [-0.1, -0.05) is 0 Å². The summed E-state index contributed by atoms with van der Waals surface area (Å²) in [6.45, 7) is 0. The van der Waals surface area contributed by atoms with E-state index < -0.39 is 18.0 Å². The molecule has 0 aromatic rings. The highest BCUT2D eigenvalue weighted by molar-refractivity contribution is 5.91. The zero-order valence-electron chi connectivity index (χ0n) is 5.28. The molecule has 0 aliphatic heterocycles. The van der Waals surface area contributed by atoms with Gasteiger partial charge in [-0.2, -0.15) is 0 Å². The number of carbonyl (C=O) groups is 2. The third-order valence-corrected chi connectivity index (χ3v) is 1.75. The van der Waals surface area contributed by atoms with Crippen molar-refractivity contribution in [2.45, 2.75) is 18.9 Å². The first-order valence-corrected chi connectivity index (χ1v) is 3.06. The predicted octanol–water partition coefficient (Wildman–Crippen LogP) is -0.589. The highest BCUT2D eigenvalue weighted by atomic mass is 16.4. The lowest BCUT2D eigenvalue weighted by atomic mass is 9.80. The smallest absolute Gasteiger partial charge is 0.333 e. The molecular weight excluding hydrogens is 136 g/mol. The van der Waals surface area contributed by atoms with Crippen LogP contribution in [0.5, 0.6) is 0 Å². The SMILES string of the molecule is O=C1CC[C@H]1[C@@H](O)C(=O)O. The van der Waals surface area contributed by atoms with Crippen LogP contribution in [-0.4, -0.2) is 28.1 Å². The van der Waals surface area contributed by atoms with E-state index in [4.69, 9.17) is 10.2 Å². The lowest BCUT2D eigenvalue weighted by Gasteiger charge is -2.25. The summed E-state index contributed by atoms with van der Waals surface area (Å²) in [5, 5.41) is 17.0. The molecule has 2 atom stereocenters. The van der Waals surface area contributed by atoms with E-state index in [1.165, 1.54) is 0 Å². The molecule has 0 aromatic heterocycles. The summed E-state index contributed by atoms with van der Waals surface area (Å²) >= 11 is 0. The van der Waals surface area contributed by atoms with Crippen molar-refractivity contribution in [3.8, 4) is 0 Å². The molecular formula is C6H8O4. The van der Waals surface area contributed by atoms with Gasteiger partial charge in [0.25, 0.3) is 0 Å². The fraction of sp³-hybridized carbons (Fsp3) is 0.667. The van der Waals surface area contributed by atoms with Crippen LogP contribution in [0.25, 0.3) is 0 Å². The van der Waals surface area contributed by atoms with Crippen molar-refractivity contribution in [1.82, 2.24) is 0 Å². The quantitative estimate of drug-likeness (QED) is 0.543. The minimum atomic E-state index is -1.48. The first kappa shape index (κ1) is 7.21. The first-order valence-electron chi connectivity index (χ1n) is 3.06. The number of Topliss-reactive ketones (excluding diaryl/α,β-unsaturated/α-hetero) is 1. The van der Waals surface area contributed by atoms with Gasteiger partial charge in [0.05, 0.1) is 5.92 Å². The largest absolute Gasteiger partial charge is 0.479 e. The Morgan fingerprint density at radius 3 is 2.40 bits per heavy atom. The van der Waals surface area contributed by atoms with Crippen LogP contribution in [0.1, 0.15) is 12.8 Å². The van der Waals surface area contributed by atoms with Crippen molar-refractivity contribution in [1.29, 1.82) is 0 Å². The molecule has 0 saturated heterocycles. The Balaban J connectivity index is 2.49. The molecule has 0 amide bonds. The Bertz CT molecular complexity index is 167. The number of aliphatic hydroxyl groups excluding tert-OH is 1. The molecule has 0 aromatic carbocycles. The van der Waals surface area contributed by atoms with Crippen molar-refractivity contribution >= 4 is 11.8 Å². The van der Waals surface area contributed by atoms with Crippen molar-refractivity contribution in [3.05, 3.63) is 0 Å². The molecule has 0 unspecified atom stereocenters. The van der Waals surface area contributed by atoms with Crippen molar-refractivity contribution < 1.29 is 19.8 Å². The van der Waals surface area contributed by atoms with Crippen LogP contribution in [0.3, 0.4) is 0 Å². The normalized spacial score (nSPS) is 27.3. The third-order valence-electron chi connectivity index (χ3n) is 1.75. The van der Waals surface area contributed by atoms with Gasteiger partial charge in [-0.3, -0.25) is 4.79 Å². The average Bonchev–Trinajstić information content (AvgIpc) is 1.84. The Kier molecular flexibility index (Phi) is 1.72. The second kappa shape index (κ2) is 2.38. The lowest BCUT2D eigenvalue weighted by molar-refractivity contribution is -0.156. The Hall–Kier alpha value is -0.900. The summed E-state index contributed by atoms with van der Waals surface area (Å²) < 4.78 is 0. The number of carbonyl (C=O) groups excluding carboxylic acids is 1. The molecule has 1 aliphatic rings. The second-order valence-electron chi connectivity index (χ2n) is 2.39. The molecule has 1 fully saturated rings. The zero-order chi connectivity index (χ0) is 7.72. The minimum absolute atomic E-state index is 0.144. The molecule has 4 heteroatoms. The Morgan fingerprint density at radius 2 is 2.30 bits per heavy atom. The van der Waals surface area contributed by atoms with E-state index in [-0.39, 0.29) is 5.78 Å². The standard InChI is InChI=1S/C6H8O4/c7-4-2-1-3(4)5(8)6(9)10/h3,5,8H,1-2H2,(H,9,10)/t3-,5-/m1/s1. The molecule has 10 heavy (non-hydrogen) atoms. The number of rotatable bonds is 2. The van der Waals surface area contributed by atoms with Crippen molar-refractivity contribution in [2.24, 2.45) is 5.92 Å². The summed E-state index contributed by atoms with van der Waals surface area (Å²) in [4.78, 5) is 20.6. The van der Waals surface area contributed by atoms with Gasteiger partial charge in [-0.05, 0) is 6.42 Å². The first-order chi connectivity index (χ1) is 4.63. The van der Waals surface area contributed by atoms with Gasteiger partial charge in [0.1, 0.15) is 5.78 Å². The average molecular weight is 144 g/mol. The predicted molar refractivity (Wildman–Crippen MR) is 31.4 cm³/mol. The van der Waals surface area contributed by atoms with E-state index >= 15 is 0 Å². The van der Waals surface area contributed by atoms with E-state index in [1.807, 2.05) is 0 Å². The van der Waals surface area contributed by atoms with Gasteiger partial charge < -0.3 is 10.2 Å². The molecule has 0 heterocycles. The van der Waals surface area contributed by atoms with Gasteiger partial charge >= 0.3 is 5.97 Å². The zero-order valence-corrected chi connectivity index (χ0v) is 5.28. The molecule has 2 N–H and O–H groups in total. The number of carboxylic acids is 1. The lowest BCUT2D eigenvalue weighted by Crippen LogP contribution is -2.40. The number of hydrogen-bond acceptors (Lipinski definition) is 3. The number of carboxylic acid groups (broad SMARTS) is 1. The van der Waals surface area contributed by atoms with Crippen LogP contribution >= 0.6 is 0 Å². The topological polar surface area (TPSA) is 74.6 Å². The van der Waals surface area contributed by atoms with Crippen LogP contribution in [0, 0.1) is 5.92 Å². The summed E-state index contributed by atoms with van der Waals surface area (Å²) in [5.74, 6) is -2.09. The maximum absolute atomic E-state index is 10.6. The molecule has 0 spiro atoms. The fourth-order valence-corrected chi connectivity index (χ4v) is 0.935. The van der Waals surface area contributed by atoms with Crippen molar-refractivity contribution in [3.63, 3.8) is 0 Å². The van der Waals surface area contributed by atoms with Gasteiger partial charge in [0, 0.05) is 6.42 Å². The van der Waals surface area contributed by atoms with Crippen molar-refractivity contribution in [2.75, 3.05) is 0 Å². The summed E-state index contributed by atoms with van der Waals surface area (Å²) in [6.07, 6.45) is -0.567. The molecule has 0 bridgehead atoms. The number of hydrogen-bond donors (Lipinski definition) is 2. The molecule has 1 aliphatic carbocycles. The van der Waals surface area contributed by atoms with E-state index in [0.717, 1.165) is 0 Å². The van der Waals surface area contributed by atoms with Gasteiger partial charge in [-0.15, -0.1) is 0 Å². The summed E-state index contributed by atoms with van der Waals surface area (Å²) in [5.41, 5.74) is 0. The molecule has 1 rings (SSSR count). The van der Waals surface area contributed by atoms with E-state index in [9.17, 15) is 9.59 Å². The molecule has 0 radical (unpaired) electrons. The number of ketones is 1. The molecule has 4 nitrogen and oxygen atoms in total. The highest BCUT2D eigenvalue weighted by Gasteiger charge is 2.38. The van der Waals surface area contributed by atoms with Crippen LogP contribution in [0.4, 0.5) is 0 Å². The third kappa shape index (κ3) is 1.02. The summed E-state index contributed by atoms with van der Waals surface area (Å²) in [7, 11) is 0. The van der Waals surface area contributed by atoms with E-state index in [0.29, 0.717) is 12.8 Å². The van der Waals surface area contributed by atoms with Gasteiger partial charge in [0.2, 0.25) is 0 Å². The van der Waals surface area contributed by atoms with Crippen LogP contribution in [-0.2, 0) is 9.59 Å². The van der Waals surface area contributed by atoms with Crippen LogP contribution in [0.2, 0.25) is 0 Å². The van der Waals surface area contributed by atoms with Crippen LogP contribution in [0.15, 0.2) is 0 Å². The second-order valence-corrected chi connectivity index (χ2v) is 2.39. The van der Waals surface area contributed by atoms with E-state index in [1.54, 1.807) is 0 Å². The number of aliphatic carboxylic acids is 1. The van der Waals surface area contributed by atoms with Gasteiger partial charge in [-0.25, -0.2) is 4.79 Å². The monoisotopic (exact) mass is 144 g/mol. The molecule has 56 valence electrons.